The highest BCUT2D eigenvalue weighted by Crippen LogP contribution is 2.32. The summed E-state index contributed by atoms with van der Waals surface area (Å²) in [7, 11) is 1.76. The van der Waals surface area contributed by atoms with Crippen molar-refractivity contribution in [3.63, 3.8) is 0 Å². The van der Waals surface area contributed by atoms with Gasteiger partial charge in [-0.05, 0) is 39.1 Å². The Balaban J connectivity index is 1.98. The van der Waals surface area contributed by atoms with Crippen molar-refractivity contribution >= 4 is 11.7 Å². The van der Waals surface area contributed by atoms with Crippen LogP contribution in [0.5, 0.6) is 11.5 Å². The maximum absolute atomic E-state index is 12.5. The third-order valence-electron chi connectivity index (χ3n) is 3.61. The minimum Gasteiger partial charge on any atom is -0.454 e. The first-order valence-corrected chi connectivity index (χ1v) is 7.07. The lowest BCUT2D eigenvalue weighted by molar-refractivity contribution is -0.122. The number of fused-ring (bicyclic) bond motifs is 1. The first kappa shape index (κ1) is 16.3. The van der Waals surface area contributed by atoms with Gasteiger partial charge in [-0.15, -0.1) is 0 Å². The number of hydrogen-bond acceptors (Lipinski definition) is 6. The maximum atomic E-state index is 12.5. The van der Waals surface area contributed by atoms with Crippen LogP contribution >= 0.6 is 0 Å². The van der Waals surface area contributed by atoms with Crippen molar-refractivity contribution in [2.75, 3.05) is 20.5 Å². The molecule has 0 bridgehead atoms. The van der Waals surface area contributed by atoms with Crippen LogP contribution in [0, 0.1) is 0 Å². The zero-order valence-corrected chi connectivity index (χ0v) is 13.0. The monoisotopic (exact) mass is 307 g/mol. The average Bonchev–Trinajstić information content (AvgIpc) is 2.97. The predicted molar refractivity (Wildman–Crippen MR) is 80.8 cm³/mol. The normalized spacial score (nSPS) is 15.5. The Kier molecular flexibility index (Phi) is 4.99. The molecule has 1 amide bonds. The number of ether oxygens (including phenoxy) is 2. The fourth-order valence-corrected chi connectivity index (χ4v) is 1.99. The summed E-state index contributed by atoms with van der Waals surface area (Å²) >= 11 is 0. The molecule has 1 aromatic rings. The van der Waals surface area contributed by atoms with Gasteiger partial charge in [-0.2, -0.15) is 0 Å². The van der Waals surface area contributed by atoms with Crippen LogP contribution in [0.4, 0.5) is 0 Å². The summed E-state index contributed by atoms with van der Waals surface area (Å²) in [4.78, 5) is 25.7. The summed E-state index contributed by atoms with van der Waals surface area (Å²) in [6.45, 7) is 3.81. The van der Waals surface area contributed by atoms with Crippen LogP contribution in [0.3, 0.4) is 0 Å². The topological polar surface area (TPSA) is 93.9 Å². The van der Waals surface area contributed by atoms with E-state index < -0.39 is 12.1 Å². The van der Waals surface area contributed by atoms with E-state index in [2.05, 4.69) is 5.32 Å². The van der Waals surface area contributed by atoms with Gasteiger partial charge < -0.3 is 20.5 Å². The van der Waals surface area contributed by atoms with Gasteiger partial charge in [-0.3, -0.25) is 14.5 Å². The van der Waals surface area contributed by atoms with Gasteiger partial charge >= 0.3 is 0 Å². The third-order valence-corrected chi connectivity index (χ3v) is 3.61. The van der Waals surface area contributed by atoms with Crippen LogP contribution < -0.4 is 20.5 Å². The van der Waals surface area contributed by atoms with Crippen molar-refractivity contribution in [1.29, 1.82) is 0 Å². The van der Waals surface area contributed by atoms with Crippen molar-refractivity contribution in [2.45, 2.75) is 25.9 Å². The van der Waals surface area contributed by atoms with Crippen molar-refractivity contribution in [2.24, 2.45) is 5.73 Å². The molecule has 1 heterocycles. The summed E-state index contributed by atoms with van der Waals surface area (Å²) in [5.41, 5.74) is 6.02. The molecule has 2 rings (SSSR count). The van der Waals surface area contributed by atoms with Gasteiger partial charge in [0.05, 0.1) is 18.8 Å². The van der Waals surface area contributed by atoms with Crippen LogP contribution in [0.15, 0.2) is 18.2 Å². The smallest absolute Gasteiger partial charge is 0.237 e. The van der Waals surface area contributed by atoms with E-state index in [4.69, 9.17) is 15.2 Å². The lowest BCUT2D eigenvalue weighted by Crippen LogP contribution is -2.47. The van der Waals surface area contributed by atoms with E-state index in [9.17, 15) is 9.59 Å². The Morgan fingerprint density at radius 2 is 2.00 bits per heavy atom. The molecule has 0 aromatic heterocycles. The zero-order chi connectivity index (χ0) is 16.3. The van der Waals surface area contributed by atoms with Gasteiger partial charge in [-0.25, -0.2) is 0 Å². The Hall–Kier alpha value is -2.12. The number of nitrogens with zero attached hydrogens (tertiary/aromatic N) is 1. The standard InChI is InChI=1S/C15H21N3O4/c1-9(16)15(20)17-7-18(3)10(2)14(19)11-4-5-12-13(6-11)22-8-21-12/h4-6,9-10H,7-8,16H2,1-3H3,(H,17,20). The molecule has 2 atom stereocenters. The number of nitrogens with two attached hydrogens (primary N) is 1. The highest BCUT2D eigenvalue weighted by molar-refractivity contribution is 6.00. The number of nitrogens with one attached hydrogen (secondary N) is 1. The minimum atomic E-state index is -0.576. The van der Waals surface area contributed by atoms with E-state index in [1.807, 2.05) is 0 Å². The number of carbonyl (C=O) groups is 2. The second kappa shape index (κ2) is 6.76. The molecule has 0 aliphatic carbocycles. The van der Waals surface area contributed by atoms with E-state index in [1.165, 1.54) is 0 Å². The average molecular weight is 307 g/mol. The molecule has 0 fully saturated rings. The van der Waals surface area contributed by atoms with Crippen molar-refractivity contribution < 1.29 is 19.1 Å². The lowest BCUT2D eigenvalue weighted by Gasteiger charge is -2.24. The van der Waals surface area contributed by atoms with E-state index in [0.29, 0.717) is 17.1 Å². The van der Waals surface area contributed by atoms with E-state index >= 15 is 0 Å². The number of amides is 1. The second-order valence-corrected chi connectivity index (χ2v) is 5.35. The highest BCUT2D eigenvalue weighted by atomic mass is 16.7. The number of carbonyl (C=O) groups excluding carboxylic acids is 2. The number of ketones is 1. The molecule has 7 nitrogen and oxygen atoms in total. The van der Waals surface area contributed by atoms with Gasteiger partial charge in [0, 0.05) is 5.56 Å². The first-order valence-electron chi connectivity index (χ1n) is 7.07. The zero-order valence-electron chi connectivity index (χ0n) is 13.0. The number of Topliss-reactive ketones (excluding diaryl/α,β-unsaturated/α-hetero) is 1. The number of likely N-dealkylation sites (N-methyl/N-ethyl adjacent to an activating group) is 1. The lowest BCUT2D eigenvalue weighted by atomic mass is 10.0. The second-order valence-electron chi connectivity index (χ2n) is 5.35. The summed E-state index contributed by atoms with van der Waals surface area (Å²) in [6.07, 6.45) is 0. The Morgan fingerprint density at radius 3 is 2.68 bits per heavy atom. The van der Waals surface area contributed by atoms with Crippen LogP contribution in [0.25, 0.3) is 0 Å². The fraction of sp³-hybridized carbons (Fsp3) is 0.467. The predicted octanol–water partition coefficient (Wildman–Crippen LogP) is 0.339. The SMILES string of the molecule is CC(N)C(=O)NCN(C)C(C)C(=O)c1ccc2c(c1)OCO2. The molecule has 2 unspecified atom stereocenters. The summed E-state index contributed by atoms with van der Waals surface area (Å²) in [6, 6.07) is 4.14. The quantitative estimate of drug-likeness (QED) is 0.581. The molecular weight excluding hydrogens is 286 g/mol. The summed E-state index contributed by atoms with van der Waals surface area (Å²) in [5.74, 6) is 0.901. The van der Waals surface area contributed by atoms with Crippen LogP contribution in [0.2, 0.25) is 0 Å². The van der Waals surface area contributed by atoms with Gasteiger partial charge in [0.2, 0.25) is 12.7 Å². The van der Waals surface area contributed by atoms with Crippen molar-refractivity contribution in [1.82, 2.24) is 10.2 Å². The van der Waals surface area contributed by atoms with Gasteiger partial charge in [0.1, 0.15) is 0 Å². The summed E-state index contributed by atoms with van der Waals surface area (Å²) in [5, 5.41) is 2.68. The number of hydrogen-bond donors (Lipinski definition) is 2. The summed E-state index contributed by atoms with van der Waals surface area (Å²) < 4.78 is 10.5. The van der Waals surface area contributed by atoms with E-state index in [-0.39, 0.29) is 25.2 Å². The maximum Gasteiger partial charge on any atom is 0.237 e. The van der Waals surface area contributed by atoms with Crippen LogP contribution in [-0.2, 0) is 4.79 Å². The Labute approximate surface area is 129 Å². The van der Waals surface area contributed by atoms with E-state index in [0.717, 1.165) is 0 Å². The molecule has 0 radical (unpaired) electrons. The molecule has 1 aromatic carbocycles. The molecule has 0 saturated heterocycles. The number of rotatable bonds is 6. The van der Waals surface area contributed by atoms with Crippen molar-refractivity contribution in [3.05, 3.63) is 23.8 Å². The highest BCUT2D eigenvalue weighted by Gasteiger charge is 2.23. The van der Waals surface area contributed by atoms with Crippen molar-refractivity contribution in [3.8, 4) is 11.5 Å². The number of benzene rings is 1. The molecule has 1 aliphatic rings. The molecule has 0 saturated carbocycles. The molecule has 1 aliphatic heterocycles. The van der Waals surface area contributed by atoms with Crippen LogP contribution in [-0.4, -0.2) is 49.2 Å². The Bertz CT molecular complexity index is 574. The van der Waals surface area contributed by atoms with Gasteiger partial charge in [-0.1, -0.05) is 0 Å². The third kappa shape index (κ3) is 3.55. The molecule has 22 heavy (non-hydrogen) atoms. The fourth-order valence-electron chi connectivity index (χ4n) is 1.99. The van der Waals surface area contributed by atoms with E-state index in [1.54, 1.807) is 44.0 Å². The van der Waals surface area contributed by atoms with Gasteiger partial charge in [0.15, 0.2) is 17.3 Å². The molecule has 120 valence electrons. The first-order chi connectivity index (χ1) is 10.4. The molecule has 0 spiro atoms. The molecule has 3 N–H and O–H groups in total. The minimum absolute atomic E-state index is 0.0594. The van der Waals surface area contributed by atoms with Gasteiger partial charge in [0.25, 0.3) is 0 Å². The van der Waals surface area contributed by atoms with Crippen LogP contribution in [0.1, 0.15) is 24.2 Å². The largest absolute Gasteiger partial charge is 0.454 e. The molecule has 7 heteroatoms. The molecular formula is C15H21N3O4. The Morgan fingerprint density at radius 1 is 1.32 bits per heavy atom.